The summed E-state index contributed by atoms with van der Waals surface area (Å²) in [6.07, 6.45) is -11.4. The average Bonchev–Trinajstić information content (AvgIpc) is 2.15. The van der Waals surface area contributed by atoms with E-state index in [2.05, 4.69) is 16.7 Å². The third kappa shape index (κ3) is 3.87. The van der Waals surface area contributed by atoms with Crippen LogP contribution in [0.15, 0.2) is 21.3 Å². The van der Waals surface area contributed by atoms with Gasteiger partial charge in [-0.3, -0.25) is 9.98 Å². The molecule has 0 aliphatic heterocycles. The molecular weight excluding hydrogens is 264 g/mol. The highest BCUT2D eigenvalue weighted by atomic mass is 19.4. The van der Waals surface area contributed by atoms with Crippen LogP contribution in [0.25, 0.3) is 0 Å². The molecule has 0 aromatic carbocycles. The molecule has 0 saturated heterocycles. The Morgan fingerprint density at radius 3 is 1.89 bits per heavy atom. The first-order valence-corrected chi connectivity index (χ1v) is 4.28. The number of alkyl halides is 6. The summed E-state index contributed by atoms with van der Waals surface area (Å²) in [6.45, 7) is 2.57. The van der Waals surface area contributed by atoms with Crippen LogP contribution in [0, 0.1) is 11.3 Å². The van der Waals surface area contributed by atoms with E-state index in [1.165, 1.54) is 6.07 Å². The molecule has 100 valence electrons. The Kier molecular flexibility index (Phi) is 5.08. The SMILES string of the molecule is C=N/C(=C(/CC#N)C(=NC)C(F)(F)F)C(F)(F)F. The minimum atomic E-state index is -5.14. The molecule has 9 heteroatoms. The van der Waals surface area contributed by atoms with E-state index in [-0.39, 0.29) is 0 Å². The minimum Gasteiger partial charge on any atom is -0.284 e. The summed E-state index contributed by atoms with van der Waals surface area (Å²) in [5, 5.41) is 8.32. The van der Waals surface area contributed by atoms with Gasteiger partial charge in [-0.2, -0.15) is 31.6 Å². The van der Waals surface area contributed by atoms with E-state index in [1.807, 2.05) is 0 Å². The summed E-state index contributed by atoms with van der Waals surface area (Å²) in [7, 11) is 0.678. The van der Waals surface area contributed by atoms with Crippen LogP contribution in [-0.2, 0) is 0 Å². The van der Waals surface area contributed by atoms with Gasteiger partial charge in [-0.15, -0.1) is 0 Å². The number of nitriles is 1. The lowest BCUT2D eigenvalue weighted by Crippen LogP contribution is -2.28. The number of aliphatic imine (C=N–C) groups is 2. The molecule has 0 amide bonds. The molecule has 0 atom stereocenters. The molecule has 0 fully saturated rings. The van der Waals surface area contributed by atoms with Gasteiger partial charge in [0.05, 0.1) is 12.5 Å². The molecule has 0 aliphatic rings. The Hall–Kier alpha value is -1.85. The molecule has 0 aliphatic carbocycles. The standard InChI is InChI=1S/C9H7F6N3/c1-17-6(8(10,11)12)5(3-4-16)7(18-2)9(13,14)15/h1,3H2,2H3/b6-5-,18-7?. The Morgan fingerprint density at radius 2 is 1.67 bits per heavy atom. The highest BCUT2D eigenvalue weighted by molar-refractivity contribution is 6.05. The fourth-order valence-electron chi connectivity index (χ4n) is 1.15. The van der Waals surface area contributed by atoms with Gasteiger partial charge in [0.15, 0.2) is 0 Å². The maximum Gasteiger partial charge on any atom is 0.433 e. The second-order valence-electron chi connectivity index (χ2n) is 2.89. The van der Waals surface area contributed by atoms with Crippen LogP contribution in [0.1, 0.15) is 6.42 Å². The molecule has 0 aromatic heterocycles. The summed E-state index contributed by atoms with van der Waals surface area (Å²) >= 11 is 0. The minimum absolute atomic E-state index is 0.678. The monoisotopic (exact) mass is 271 g/mol. The third-order valence-corrected chi connectivity index (χ3v) is 1.75. The first kappa shape index (κ1) is 16.1. The van der Waals surface area contributed by atoms with E-state index in [4.69, 9.17) is 5.26 Å². The van der Waals surface area contributed by atoms with Crippen molar-refractivity contribution in [3.05, 3.63) is 11.3 Å². The third-order valence-electron chi connectivity index (χ3n) is 1.75. The Balaban J connectivity index is 6.08. The Bertz CT molecular complexity index is 421. The van der Waals surface area contributed by atoms with Gasteiger partial charge in [0.2, 0.25) is 0 Å². The van der Waals surface area contributed by atoms with Gasteiger partial charge in [-0.05, 0) is 6.72 Å². The molecule has 18 heavy (non-hydrogen) atoms. The molecule has 0 spiro atoms. The van der Waals surface area contributed by atoms with Gasteiger partial charge in [0.1, 0.15) is 11.4 Å². The van der Waals surface area contributed by atoms with Crippen LogP contribution in [0.5, 0.6) is 0 Å². The normalized spacial score (nSPS) is 14.9. The lowest BCUT2D eigenvalue weighted by molar-refractivity contribution is -0.0932. The molecule has 0 bridgehead atoms. The van der Waals surface area contributed by atoms with Crippen LogP contribution >= 0.6 is 0 Å². The van der Waals surface area contributed by atoms with Crippen molar-refractivity contribution in [1.82, 2.24) is 0 Å². The summed E-state index contributed by atoms with van der Waals surface area (Å²) < 4.78 is 74.8. The fourth-order valence-corrected chi connectivity index (χ4v) is 1.15. The van der Waals surface area contributed by atoms with Crippen molar-refractivity contribution in [1.29, 1.82) is 5.26 Å². The zero-order chi connectivity index (χ0) is 14.6. The van der Waals surface area contributed by atoms with Gasteiger partial charge in [0, 0.05) is 12.6 Å². The number of halogens is 6. The van der Waals surface area contributed by atoms with E-state index in [0.29, 0.717) is 7.05 Å². The number of rotatable bonds is 3. The van der Waals surface area contributed by atoms with Crippen molar-refractivity contribution in [3.63, 3.8) is 0 Å². The molecule has 0 unspecified atom stereocenters. The lowest BCUT2D eigenvalue weighted by Gasteiger charge is -2.16. The maximum atomic E-state index is 12.5. The van der Waals surface area contributed by atoms with Crippen LogP contribution in [-0.4, -0.2) is 31.8 Å². The molecule has 3 nitrogen and oxygen atoms in total. The fraction of sp³-hybridized carbons (Fsp3) is 0.444. The van der Waals surface area contributed by atoms with Gasteiger partial charge in [0.25, 0.3) is 0 Å². The molecule has 0 radical (unpaired) electrons. The zero-order valence-electron chi connectivity index (χ0n) is 9.02. The largest absolute Gasteiger partial charge is 0.433 e. The highest BCUT2D eigenvalue weighted by Gasteiger charge is 2.44. The van der Waals surface area contributed by atoms with Crippen molar-refractivity contribution in [2.24, 2.45) is 9.98 Å². The van der Waals surface area contributed by atoms with Crippen molar-refractivity contribution < 1.29 is 26.3 Å². The van der Waals surface area contributed by atoms with Crippen molar-refractivity contribution in [2.75, 3.05) is 7.05 Å². The summed E-state index contributed by atoms with van der Waals surface area (Å²) in [5.41, 5.74) is -4.99. The van der Waals surface area contributed by atoms with Crippen molar-refractivity contribution in [2.45, 2.75) is 18.8 Å². The van der Waals surface area contributed by atoms with Crippen LogP contribution in [0.4, 0.5) is 26.3 Å². The number of hydrogen-bond donors (Lipinski definition) is 0. The van der Waals surface area contributed by atoms with E-state index in [0.717, 1.165) is 0 Å². The van der Waals surface area contributed by atoms with Crippen LogP contribution in [0.2, 0.25) is 0 Å². The molecule has 0 saturated carbocycles. The highest BCUT2D eigenvalue weighted by Crippen LogP contribution is 2.34. The number of allylic oxidation sites excluding steroid dienone is 2. The van der Waals surface area contributed by atoms with E-state index in [1.54, 1.807) is 0 Å². The molecule has 0 N–H and O–H groups in total. The molecule has 0 heterocycles. The molecule has 0 rings (SSSR count). The van der Waals surface area contributed by atoms with Crippen LogP contribution in [0.3, 0.4) is 0 Å². The predicted molar refractivity (Wildman–Crippen MR) is 52.3 cm³/mol. The summed E-state index contributed by atoms with van der Waals surface area (Å²) in [6, 6.07) is 1.22. The van der Waals surface area contributed by atoms with E-state index < -0.39 is 35.8 Å². The number of nitrogens with zero attached hydrogens (tertiary/aromatic N) is 3. The van der Waals surface area contributed by atoms with Gasteiger partial charge >= 0.3 is 12.4 Å². The predicted octanol–water partition coefficient (Wildman–Crippen LogP) is 3.05. The van der Waals surface area contributed by atoms with Crippen LogP contribution < -0.4 is 0 Å². The molecule has 0 aromatic rings. The van der Waals surface area contributed by atoms with Crippen molar-refractivity contribution in [3.8, 4) is 6.07 Å². The second-order valence-corrected chi connectivity index (χ2v) is 2.89. The summed E-state index contributed by atoms with van der Waals surface area (Å²) in [5.74, 6) is 0. The van der Waals surface area contributed by atoms with Gasteiger partial charge < -0.3 is 0 Å². The first-order valence-electron chi connectivity index (χ1n) is 4.28. The van der Waals surface area contributed by atoms with Gasteiger partial charge in [-0.25, -0.2) is 0 Å². The molecular formula is C9H7F6N3. The zero-order valence-corrected chi connectivity index (χ0v) is 9.02. The van der Waals surface area contributed by atoms with Gasteiger partial charge in [-0.1, -0.05) is 0 Å². The second kappa shape index (κ2) is 5.66. The maximum absolute atomic E-state index is 12.5. The van der Waals surface area contributed by atoms with E-state index in [9.17, 15) is 26.3 Å². The lowest BCUT2D eigenvalue weighted by atomic mass is 10.0. The Morgan fingerprint density at radius 1 is 1.17 bits per heavy atom. The average molecular weight is 271 g/mol. The van der Waals surface area contributed by atoms with E-state index >= 15 is 0 Å². The topological polar surface area (TPSA) is 48.5 Å². The summed E-state index contributed by atoms with van der Waals surface area (Å²) in [4.78, 5) is 5.29. The number of hydrogen-bond acceptors (Lipinski definition) is 3. The first-order chi connectivity index (χ1) is 8.09. The Labute approximate surface area is 98.1 Å². The quantitative estimate of drug-likeness (QED) is 0.575. The smallest absolute Gasteiger partial charge is 0.284 e. The van der Waals surface area contributed by atoms with Crippen molar-refractivity contribution >= 4 is 12.4 Å².